The zero-order chi connectivity index (χ0) is 17.4. The van der Waals surface area contributed by atoms with Gasteiger partial charge >= 0.3 is 6.03 Å². The van der Waals surface area contributed by atoms with Crippen LogP contribution < -0.4 is 10.6 Å². The van der Waals surface area contributed by atoms with E-state index in [1.807, 2.05) is 13.8 Å². The summed E-state index contributed by atoms with van der Waals surface area (Å²) in [4.78, 5) is 14.5. The zero-order valence-electron chi connectivity index (χ0n) is 15.6. The number of nitrogens with one attached hydrogen (secondary N) is 2. The van der Waals surface area contributed by atoms with Crippen molar-refractivity contribution >= 4 is 6.03 Å². The lowest BCUT2D eigenvalue weighted by Crippen LogP contribution is -2.49. The molecular formula is C19H37N3O2. The fourth-order valence-corrected chi connectivity index (χ4v) is 3.90. The Morgan fingerprint density at radius 3 is 2.42 bits per heavy atom. The van der Waals surface area contributed by atoms with Crippen LogP contribution >= 0.6 is 0 Å². The van der Waals surface area contributed by atoms with Gasteiger partial charge in [-0.25, -0.2) is 4.79 Å². The molecule has 0 aromatic rings. The van der Waals surface area contributed by atoms with Crippen LogP contribution in [0.2, 0.25) is 0 Å². The van der Waals surface area contributed by atoms with E-state index in [-0.39, 0.29) is 18.1 Å². The first-order valence-corrected chi connectivity index (χ1v) is 9.99. The number of rotatable bonds is 7. The number of nitrogens with zero attached hydrogens (tertiary/aromatic N) is 1. The molecule has 1 saturated heterocycles. The highest BCUT2D eigenvalue weighted by Crippen LogP contribution is 2.25. The summed E-state index contributed by atoms with van der Waals surface area (Å²) in [6, 6.07) is 0.208. The molecule has 5 nitrogen and oxygen atoms in total. The molecule has 2 rings (SSSR count). The number of aliphatic hydroxyl groups is 1. The van der Waals surface area contributed by atoms with Crippen LogP contribution in [-0.4, -0.2) is 54.4 Å². The maximum absolute atomic E-state index is 11.9. The second-order valence-electron chi connectivity index (χ2n) is 8.08. The predicted octanol–water partition coefficient (Wildman–Crippen LogP) is 2.74. The molecule has 1 saturated carbocycles. The molecule has 2 fully saturated rings. The Kier molecular flexibility index (Phi) is 8.33. The highest BCUT2D eigenvalue weighted by atomic mass is 16.3. The molecule has 0 bridgehead atoms. The van der Waals surface area contributed by atoms with Gasteiger partial charge < -0.3 is 20.6 Å². The van der Waals surface area contributed by atoms with E-state index in [4.69, 9.17) is 0 Å². The van der Waals surface area contributed by atoms with Crippen molar-refractivity contribution in [2.45, 2.75) is 77.4 Å². The van der Waals surface area contributed by atoms with Crippen LogP contribution in [-0.2, 0) is 0 Å². The van der Waals surface area contributed by atoms with E-state index >= 15 is 0 Å². The second kappa shape index (κ2) is 10.2. The van der Waals surface area contributed by atoms with Gasteiger partial charge in [0.2, 0.25) is 0 Å². The smallest absolute Gasteiger partial charge is 0.315 e. The first-order valence-electron chi connectivity index (χ1n) is 9.99. The second-order valence-corrected chi connectivity index (χ2v) is 8.08. The molecule has 1 atom stereocenters. The van der Waals surface area contributed by atoms with Crippen molar-refractivity contribution in [1.82, 2.24) is 15.5 Å². The van der Waals surface area contributed by atoms with Crippen molar-refractivity contribution in [1.29, 1.82) is 0 Å². The van der Waals surface area contributed by atoms with Gasteiger partial charge in [-0.3, -0.25) is 0 Å². The maximum Gasteiger partial charge on any atom is 0.315 e. The third-order valence-electron chi connectivity index (χ3n) is 5.66. The van der Waals surface area contributed by atoms with Gasteiger partial charge in [0.1, 0.15) is 0 Å². The van der Waals surface area contributed by atoms with Gasteiger partial charge in [-0.05, 0) is 43.9 Å². The molecule has 2 aliphatic rings. The monoisotopic (exact) mass is 339 g/mol. The molecule has 24 heavy (non-hydrogen) atoms. The van der Waals surface area contributed by atoms with E-state index in [0.29, 0.717) is 19.0 Å². The minimum Gasteiger partial charge on any atom is -0.393 e. The Morgan fingerprint density at radius 2 is 1.79 bits per heavy atom. The number of piperidine rings is 1. The SMILES string of the molecule is CC(C)C(O)CCNC(=O)NC1CCN(CC2CCCCC2)CC1. The van der Waals surface area contributed by atoms with Crippen LogP contribution in [0, 0.1) is 11.8 Å². The predicted molar refractivity (Wildman–Crippen MR) is 98.0 cm³/mol. The summed E-state index contributed by atoms with van der Waals surface area (Å²) in [6.45, 7) is 7.98. The third kappa shape index (κ3) is 6.98. The molecule has 2 amide bonds. The average molecular weight is 340 g/mol. The van der Waals surface area contributed by atoms with Crippen LogP contribution in [0.3, 0.4) is 0 Å². The largest absolute Gasteiger partial charge is 0.393 e. The molecular weight excluding hydrogens is 302 g/mol. The standard InChI is InChI=1S/C19H37N3O2/c1-15(2)18(23)8-11-20-19(24)21-17-9-12-22(13-10-17)14-16-6-4-3-5-7-16/h15-18,23H,3-14H2,1-2H3,(H2,20,21,24). The van der Waals surface area contributed by atoms with Crippen LogP contribution in [0.4, 0.5) is 4.79 Å². The molecule has 3 N–H and O–H groups in total. The highest BCUT2D eigenvalue weighted by molar-refractivity contribution is 5.74. The highest BCUT2D eigenvalue weighted by Gasteiger charge is 2.23. The average Bonchev–Trinajstić information content (AvgIpc) is 2.57. The molecule has 0 aromatic carbocycles. The summed E-state index contributed by atoms with van der Waals surface area (Å²) >= 11 is 0. The molecule has 1 heterocycles. The van der Waals surface area contributed by atoms with E-state index in [1.165, 1.54) is 38.6 Å². The van der Waals surface area contributed by atoms with Gasteiger partial charge in [0.05, 0.1) is 6.10 Å². The van der Waals surface area contributed by atoms with Gasteiger partial charge in [0.25, 0.3) is 0 Å². The fraction of sp³-hybridized carbons (Fsp3) is 0.947. The van der Waals surface area contributed by atoms with E-state index in [2.05, 4.69) is 15.5 Å². The minimum absolute atomic E-state index is 0.0864. The number of likely N-dealkylation sites (tertiary alicyclic amines) is 1. The number of aliphatic hydroxyl groups excluding tert-OH is 1. The van der Waals surface area contributed by atoms with Gasteiger partial charge in [0, 0.05) is 32.2 Å². The Labute approximate surface area is 147 Å². The number of urea groups is 1. The number of amides is 2. The Morgan fingerprint density at radius 1 is 1.12 bits per heavy atom. The summed E-state index contributed by atoms with van der Waals surface area (Å²) in [5.74, 6) is 1.14. The zero-order valence-corrected chi connectivity index (χ0v) is 15.6. The Balaban J connectivity index is 1.56. The molecule has 0 aromatic heterocycles. The lowest BCUT2D eigenvalue weighted by molar-refractivity contribution is 0.116. The van der Waals surface area contributed by atoms with Crippen molar-refractivity contribution in [3.63, 3.8) is 0 Å². The normalized spacial score (nSPS) is 22.5. The van der Waals surface area contributed by atoms with Crippen molar-refractivity contribution in [2.75, 3.05) is 26.2 Å². The van der Waals surface area contributed by atoms with Crippen molar-refractivity contribution in [2.24, 2.45) is 11.8 Å². The summed E-state index contributed by atoms with van der Waals surface area (Å²) < 4.78 is 0. The molecule has 140 valence electrons. The number of hydrogen-bond acceptors (Lipinski definition) is 3. The number of carbonyl (C=O) groups is 1. The third-order valence-corrected chi connectivity index (χ3v) is 5.66. The van der Waals surface area contributed by atoms with Gasteiger partial charge in [-0.15, -0.1) is 0 Å². The summed E-state index contributed by atoms with van der Waals surface area (Å²) in [7, 11) is 0. The topological polar surface area (TPSA) is 64.6 Å². The molecule has 0 spiro atoms. The minimum atomic E-state index is -0.340. The van der Waals surface area contributed by atoms with E-state index in [1.54, 1.807) is 0 Å². The van der Waals surface area contributed by atoms with Crippen molar-refractivity contribution in [3.05, 3.63) is 0 Å². The Hall–Kier alpha value is -0.810. The van der Waals surface area contributed by atoms with Crippen LogP contribution in [0.15, 0.2) is 0 Å². The first kappa shape index (κ1) is 19.5. The molecule has 1 aliphatic carbocycles. The van der Waals surface area contributed by atoms with Crippen LogP contribution in [0.5, 0.6) is 0 Å². The van der Waals surface area contributed by atoms with Crippen molar-refractivity contribution < 1.29 is 9.90 Å². The quantitative estimate of drug-likeness (QED) is 0.668. The maximum atomic E-state index is 11.9. The van der Waals surface area contributed by atoms with E-state index in [0.717, 1.165) is 31.8 Å². The van der Waals surface area contributed by atoms with Gasteiger partial charge in [-0.1, -0.05) is 33.1 Å². The molecule has 0 radical (unpaired) electrons. The summed E-state index contributed by atoms with van der Waals surface area (Å²) in [5.41, 5.74) is 0. The Bertz CT molecular complexity index is 362. The lowest BCUT2D eigenvalue weighted by Gasteiger charge is -2.35. The van der Waals surface area contributed by atoms with Crippen LogP contribution in [0.1, 0.15) is 65.2 Å². The van der Waals surface area contributed by atoms with Gasteiger partial charge in [0.15, 0.2) is 0 Å². The summed E-state index contributed by atoms with van der Waals surface area (Å²) in [5, 5.41) is 15.7. The number of hydrogen-bond donors (Lipinski definition) is 3. The van der Waals surface area contributed by atoms with E-state index in [9.17, 15) is 9.90 Å². The molecule has 1 aliphatic heterocycles. The molecule has 1 unspecified atom stereocenters. The van der Waals surface area contributed by atoms with E-state index < -0.39 is 0 Å². The molecule has 5 heteroatoms. The van der Waals surface area contributed by atoms with Gasteiger partial charge in [-0.2, -0.15) is 0 Å². The van der Waals surface area contributed by atoms with Crippen LogP contribution in [0.25, 0.3) is 0 Å². The number of carbonyl (C=O) groups excluding carboxylic acids is 1. The lowest BCUT2D eigenvalue weighted by atomic mass is 9.88. The first-order chi connectivity index (χ1) is 11.5. The summed E-state index contributed by atoms with van der Waals surface area (Å²) in [6.07, 6.45) is 9.43. The van der Waals surface area contributed by atoms with Crippen molar-refractivity contribution in [3.8, 4) is 0 Å². The fourth-order valence-electron chi connectivity index (χ4n) is 3.90.